The quantitative estimate of drug-likeness (QED) is 0.411. The van der Waals surface area contributed by atoms with Gasteiger partial charge in [0.1, 0.15) is 29.5 Å². The number of nitrogens with zero attached hydrogens (tertiary/aromatic N) is 1. The molecule has 0 spiro atoms. The van der Waals surface area contributed by atoms with Crippen LogP contribution in [0.3, 0.4) is 0 Å². The highest BCUT2D eigenvalue weighted by atomic mass is 16.5. The van der Waals surface area contributed by atoms with Crippen molar-refractivity contribution >= 4 is 0 Å². The molecule has 2 aromatic rings. The second-order valence-electron chi connectivity index (χ2n) is 10.4. The van der Waals surface area contributed by atoms with Gasteiger partial charge in [-0.15, -0.1) is 5.73 Å². The van der Waals surface area contributed by atoms with E-state index in [1.807, 2.05) is 24.3 Å². The Morgan fingerprint density at radius 3 is 2.58 bits per heavy atom. The van der Waals surface area contributed by atoms with E-state index in [0.717, 1.165) is 36.8 Å². The standard InChI is InChI=1S/C32H37NO3/c1-32(2)31(25-11-7-5-4-6-8-12-25)30(28-18-17-27(34-3)23-29(28)36-32)24-13-15-26(16-14-24)35-22-21-33-19-9-10-20-33/h4-5,7-8,12-18,23,30-31H,9-11,19-22H2,1-3H3/b7-5-,25-12+/t6?,30-,31+/m0/s1. The van der Waals surface area contributed by atoms with Gasteiger partial charge in [-0.2, -0.15) is 0 Å². The minimum Gasteiger partial charge on any atom is -0.497 e. The molecule has 0 N–H and O–H groups in total. The van der Waals surface area contributed by atoms with Gasteiger partial charge in [-0.25, -0.2) is 0 Å². The Bertz CT molecular complexity index is 1180. The second-order valence-corrected chi connectivity index (χ2v) is 10.4. The molecule has 2 aliphatic heterocycles. The van der Waals surface area contributed by atoms with Crippen LogP contribution in [0.1, 0.15) is 50.2 Å². The molecule has 36 heavy (non-hydrogen) atoms. The lowest BCUT2D eigenvalue weighted by Crippen LogP contribution is -2.45. The molecule has 0 amide bonds. The monoisotopic (exact) mass is 483 g/mol. The number of hydrogen-bond acceptors (Lipinski definition) is 4. The van der Waals surface area contributed by atoms with Gasteiger partial charge in [0, 0.05) is 30.0 Å². The fourth-order valence-corrected chi connectivity index (χ4v) is 5.85. The van der Waals surface area contributed by atoms with Crippen LogP contribution in [-0.4, -0.2) is 43.9 Å². The van der Waals surface area contributed by atoms with E-state index in [2.05, 4.69) is 73.0 Å². The van der Waals surface area contributed by atoms with Crippen molar-refractivity contribution < 1.29 is 14.2 Å². The lowest BCUT2D eigenvalue weighted by atomic mass is 9.67. The normalized spacial score (nSPS) is 25.1. The molecule has 3 aliphatic rings. The largest absolute Gasteiger partial charge is 0.497 e. The van der Waals surface area contributed by atoms with Crippen molar-refractivity contribution in [1.82, 2.24) is 4.90 Å². The van der Waals surface area contributed by atoms with Crippen LogP contribution in [0.4, 0.5) is 0 Å². The van der Waals surface area contributed by atoms with E-state index in [-0.39, 0.29) is 11.8 Å². The SMILES string of the molecule is COc1ccc2c(c1)OC(C)(C)[C@H](/C1=C/C=C=C/C=C\C1)[C@H]2c1ccc(OCCN2CCCC2)cc1. The van der Waals surface area contributed by atoms with Crippen molar-refractivity contribution in [2.24, 2.45) is 5.92 Å². The summed E-state index contributed by atoms with van der Waals surface area (Å²) >= 11 is 0. The summed E-state index contributed by atoms with van der Waals surface area (Å²) in [4.78, 5) is 2.48. The minimum atomic E-state index is -0.411. The summed E-state index contributed by atoms with van der Waals surface area (Å²) in [6.45, 7) is 8.52. The molecular weight excluding hydrogens is 446 g/mol. The molecule has 2 heterocycles. The topological polar surface area (TPSA) is 30.9 Å². The molecular formula is C32H37NO3. The van der Waals surface area contributed by atoms with E-state index in [1.54, 1.807) is 7.11 Å². The van der Waals surface area contributed by atoms with Crippen molar-refractivity contribution in [2.75, 3.05) is 33.4 Å². The van der Waals surface area contributed by atoms with Crippen LogP contribution in [0.25, 0.3) is 0 Å². The third-order valence-electron chi connectivity index (χ3n) is 7.60. The minimum absolute atomic E-state index is 0.143. The molecule has 0 bridgehead atoms. The van der Waals surface area contributed by atoms with Crippen LogP contribution < -0.4 is 14.2 Å². The Hall–Kier alpha value is -3.20. The van der Waals surface area contributed by atoms with E-state index < -0.39 is 5.60 Å². The molecule has 5 rings (SSSR count). The van der Waals surface area contributed by atoms with Gasteiger partial charge in [0.15, 0.2) is 0 Å². The summed E-state index contributed by atoms with van der Waals surface area (Å²) in [5.74, 6) is 2.93. The molecule has 0 saturated carbocycles. The highest BCUT2D eigenvalue weighted by molar-refractivity contribution is 5.52. The van der Waals surface area contributed by atoms with Crippen molar-refractivity contribution in [1.29, 1.82) is 0 Å². The zero-order valence-electron chi connectivity index (χ0n) is 21.7. The number of likely N-dealkylation sites (tertiary alicyclic amines) is 1. The predicted octanol–water partition coefficient (Wildman–Crippen LogP) is 6.69. The first-order valence-corrected chi connectivity index (χ1v) is 13.1. The lowest BCUT2D eigenvalue weighted by Gasteiger charge is -2.46. The maximum atomic E-state index is 6.66. The fraction of sp³-hybridized carbons (Fsp3) is 0.406. The Labute approximate surface area is 215 Å². The Morgan fingerprint density at radius 2 is 1.81 bits per heavy atom. The van der Waals surface area contributed by atoms with E-state index in [9.17, 15) is 0 Å². The zero-order valence-corrected chi connectivity index (χ0v) is 21.7. The third kappa shape index (κ3) is 5.31. The lowest BCUT2D eigenvalue weighted by molar-refractivity contribution is 0.0330. The summed E-state index contributed by atoms with van der Waals surface area (Å²) in [6.07, 6.45) is 14.0. The average molecular weight is 484 g/mol. The molecule has 2 aromatic carbocycles. The van der Waals surface area contributed by atoms with Gasteiger partial charge in [0.05, 0.1) is 7.11 Å². The van der Waals surface area contributed by atoms with Gasteiger partial charge in [-0.3, -0.25) is 4.90 Å². The number of methoxy groups -OCH3 is 1. The highest BCUT2D eigenvalue weighted by Crippen LogP contribution is 2.52. The summed E-state index contributed by atoms with van der Waals surface area (Å²) < 4.78 is 18.3. The van der Waals surface area contributed by atoms with Crippen LogP contribution in [-0.2, 0) is 0 Å². The highest BCUT2D eigenvalue weighted by Gasteiger charge is 2.46. The Kier molecular flexibility index (Phi) is 7.36. The predicted molar refractivity (Wildman–Crippen MR) is 145 cm³/mol. The summed E-state index contributed by atoms with van der Waals surface area (Å²) in [5, 5.41) is 0. The first kappa shape index (κ1) is 24.5. The van der Waals surface area contributed by atoms with Crippen molar-refractivity contribution in [3.8, 4) is 17.2 Å². The molecule has 1 aliphatic carbocycles. The van der Waals surface area contributed by atoms with E-state index in [0.29, 0.717) is 0 Å². The van der Waals surface area contributed by atoms with Gasteiger partial charge in [-0.05, 0) is 82.1 Å². The van der Waals surface area contributed by atoms with Crippen LogP contribution in [0.5, 0.6) is 17.2 Å². The number of fused-ring (bicyclic) bond motifs is 1. The van der Waals surface area contributed by atoms with E-state index >= 15 is 0 Å². The Balaban J connectivity index is 1.47. The summed E-state index contributed by atoms with van der Waals surface area (Å²) in [6, 6.07) is 14.9. The molecule has 188 valence electrons. The fourth-order valence-electron chi connectivity index (χ4n) is 5.85. The maximum absolute atomic E-state index is 6.66. The smallest absolute Gasteiger partial charge is 0.127 e. The molecule has 0 unspecified atom stereocenters. The number of benzene rings is 2. The molecule has 4 heteroatoms. The number of ether oxygens (including phenoxy) is 3. The van der Waals surface area contributed by atoms with Crippen molar-refractivity contribution in [2.45, 2.75) is 44.6 Å². The molecule has 4 nitrogen and oxygen atoms in total. The van der Waals surface area contributed by atoms with Gasteiger partial charge < -0.3 is 14.2 Å². The molecule has 1 saturated heterocycles. The summed E-state index contributed by atoms with van der Waals surface area (Å²) in [7, 11) is 1.70. The number of rotatable bonds is 7. The second kappa shape index (κ2) is 10.8. The first-order valence-electron chi connectivity index (χ1n) is 13.1. The van der Waals surface area contributed by atoms with Crippen LogP contribution >= 0.6 is 0 Å². The molecule has 0 radical (unpaired) electrons. The molecule has 2 atom stereocenters. The van der Waals surface area contributed by atoms with Gasteiger partial charge >= 0.3 is 0 Å². The van der Waals surface area contributed by atoms with Crippen LogP contribution in [0.2, 0.25) is 0 Å². The van der Waals surface area contributed by atoms with Gasteiger partial charge in [0.25, 0.3) is 0 Å². The molecule has 1 fully saturated rings. The number of allylic oxidation sites excluding steroid dienone is 4. The van der Waals surface area contributed by atoms with Crippen LogP contribution in [0, 0.1) is 5.92 Å². The van der Waals surface area contributed by atoms with Gasteiger partial charge in [0.2, 0.25) is 0 Å². The third-order valence-corrected chi connectivity index (χ3v) is 7.60. The van der Waals surface area contributed by atoms with E-state index in [1.165, 1.54) is 42.6 Å². The average Bonchev–Trinajstić information content (AvgIpc) is 3.37. The Morgan fingerprint density at radius 1 is 1.03 bits per heavy atom. The number of hydrogen-bond donors (Lipinski definition) is 0. The van der Waals surface area contributed by atoms with Gasteiger partial charge in [-0.1, -0.05) is 42.0 Å². The molecule has 0 aromatic heterocycles. The van der Waals surface area contributed by atoms with Crippen LogP contribution in [0.15, 0.2) is 84.1 Å². The van der Waals surface area contributed by atoms with E-state index in [4.69, 9.17) is 14.2 Å². The maximum Gasteiger partial charge on any atom is 0.127 e. The first-order chi connectivity index (χ1) is 17.5. The van der Waals surface area contributed by atoms with Crippen molar-refractivity contribution in [3.63, 3.8) is 0 Å². The summed E-state index contributed by atoms with van der Waals surface area (Å²) in [5.41, 5.74) is 6.61. The van der Waals surface area contributed by atoms with Crippen molar-refractivity contribution in [3.05, 3.63) is 95.3 Å². The zero-order chi connectivity index (χ0) is 25.0.